The number of halogens is 2. The Bertz CT molecular complexity index is 978. The van der Waals surface area contributed by atoms with E-state index in [-0.39, 0.29) is 0 Å². The van der Waals surface area contributed by atoms with Crippen molar-refractivity contribution >= 4 is 40.2 Å². The lowest BCUT2D eigenvalue weighted by Crippen LogP contribution is -2.01. The van der Waals surface area contributed by atoms with E-state index in [1.165, 1.54) is 0 Å². The second kappa shape index (κ2) is 6.43. The summed E-state index contributed by atoms with van der Waals surface area (Å²) >= 11 is 13.6. The van der Waals surface area contributed by atoms with Gasteiger partial charge < -0.3 is 4.74 Å². The van der Waals surface area contributed by atoms with Crippen molar-refractivity contribution in [3.05, 3.63) is 69.0 Å². The molecule has 3 aromatic heterocycles. The Balaban J connectivity index is 1.61. The summed E-state index contributed by atoms with van der Waals surface area (Å²) in [6.07, 6.45) is 1.81. The van der Waals surface area contributed by atoms with Crippen LogP contribution in [0.1, 0.15) is 5.56 Å². The van der Waals surface area contributed by atoms with Crippen LogP contribution in [0.25, 0.3) is 16.9 Å². The van der Waals surface area contributed by atoms with Gasteiger partial charge in [0.25, 0.3) is 0 Å². The molecule has 4 rings (SSSR count). The first-order chi connectivity index (χ1) is 11.7. The maximum absolute atomic E-state index is 6.01. The van der Waals surface area contributed by atoms with Crippen molar-refractivity contribution < 1.29 is 4.74 Å². The number of imidazole rings is 1. The average molecular weight is 376 g/mol. The van der Waals surface area contributed by atoms with Crippen molar-refractivity contribution in [2.45, 2.75) is 6.61 Å². The van der Waals surface area contributed by atoms with Gasteiger partial charge in [-0.05, 0) is 41.3 Å². The minimum Gasteiger partial charge on any atom is -0.472 e. The van der Waals surface area contributed by atoms with Gasteiger partial charge in [0, 0.05) is 27.1 Å². The molecule has 0 saturated carbocycles. The number of rotatable bonds is 4. The number of thiophene rings is 1. The van der Waals surface area contributed by atoms with Gasteiger partial charge in [0.2, 0.25) is 5.88 Å². The molecule has 0 aliphatic carbocycles. The van der Waals surface area contributed by atoms with E-state index in [9.17, 15) is 0 Å². The molecular formula is C17H11Cl2N3OS. The lowest BCUT2D eigenvalue weighted by molar-refractivity contribution is 0.289. The summed E-state index contributed by atoms with van der Waals surface area (Å²) in [6, 6.07) is 11.0. The molecule has 4 nitrogen and oxygen atoms in total. The van der Waals surface area contributed by atoms with Gasteiger partial charge in [-0.15, -0.1) is 5.10 Å². The van der Waals surface area contributed by atoms with Crippen molar-refractivity contribution in [3.8, 4) is 17.1 Å². The number of hydrogen-bond acceptors (Lipinski definition) is 4. The summed E-state index contributed by atoms with van der Waals surface area (Å²) in [5.41, 5.74) is 3.67. The smallest absolute Gasteiger partial charge is 0.232 e. The molecule has 1 aromatic carbocycles. The van der Waals surface area contributed by atoms with Crippen LogP contribution in [0, 0.1) is 0 Å². The van der Waals surface area contributed by atoms with Crippen molar-refractivity contribution in [2.24, 2.45) is 0 Å². The molecule has 120 valence electrons. The molecule has 0 radical (unpaired) electrons. The van der Waals surface area contributed by atoms with Crippen molar-refractivity contribution in [3.63, 3.8) is 0 Å². The van der Waals surface area contributed by atoms with Gasteiger partial charge in [-0.1, -0.05) is 23.2 Å². The third-order valence-electron chi connectivity index (χ3n) is 3.46. The number of fused-ring (bicyclic) bond motifs is 1. The summed E-state index contributed by atoms with van der Waals surface area (Å²) < 4.78 is 7.56. The molecule has 0 bridgehead atoms. The fraction of sp³-hybridized carbons (Fsp3) is 0.0588. The predicted octanol–water partition coefficient (Wildman–Crippen LogP) is 5.34. The van der Waals surface area contributed by atoms with Crippen LogP contribution in [0.2, 0.25) is 10.0 Å². The number of ether oxygens (including phenoxy) is 1. The molecular weight excluding hydrogens is 365 g/mol. The molecule has 0 amide bonds. The number of benzene rings is 1. The topological polar surface area (TPSA) is 39.4 Å². The van der Waals surface area contributed by atoms with Crippen molar-refractivity contribution in [1.82, 2.24) is 14.6 Å². The minimum absolute atomic E-state index is 0.335. The van der Waals surface area contributed by atoms with Crippen LogP contribution in [0.15, 0.2) is 53.4 Å². The lowest BCUT2D eigenvalue weighted by Gasteiger charge is -2.07. The van der Waals surface area contributed by atoms with E-state index in [1.807, 2.05) is 35.8 Å². The molecule has 0 saturated heterocycles. The van der Waals surface area contributed by atoms with Crippen LogP contribution < -0.4 is 4.74 Å². The highest BCUT2D eigenvalue weighted by molar-refractivity contribution is 7.08. The van der Waals surface area contributed by atoms with E-state index in [2.05, 4.69) is 15.5 Å². The van der Waals surface area contributed by atoms with Crippen LogP contribution >= 0.6 is 34.5 Å². The molecule has 0 spiro atoms. The fourth-order valence-electron chi connectivity index (χ4n) is 2.39. The molecule has 0 fully saturated rings. The molecule has 7 heteroatoms. The first-order valence-corrected chi connectivity index (χ1v) is 8.84. The highest BCUT2D eigenvalue weighted by Crippen LogP contribution is 2.24. The molecule has 0 aliphatic rings. The zero-order valence-corrected chi connectivity index (χ0v) is 14.6. The Morgan fingerprint density at radius 1 is 1.08 bits per heavy atom. The molecule has 0 atom stereocenters. The maximum atomic E-state index is 6.01. The third-order valence-corrected chi connectivity index (χ3v) is 4.58. The number of nitrogens with zero attached hydrogens (tertiary/aromatic N) is 3. The largest absolute Gasteiger partial charge is 0.472 e. The highest BCUT2D eigenvalue weighted by Gasteiger charge is 2.09. The van der Waals surface area contributed by atoms with Gasteiger partial charge in [0.1, 0.15) is 6.61 Å². The van der Waals surface area contributed by atoms with Crippen LogP contribution in [-0.2, 0) is 6.61 Å². The average Bonchev–Trinajstić information content (AvgIpc) is 3.20. The first kappa shape index (κ1) is 15.4. The van der Waals surface area contributed by atoms with Gasteiger partial charge in [-0.25, -0.2) is 9.50 Å². The Kier molecular flexibility index (Phi) is 4.14. The van der Waals surface area contributed by atoms with E-state index in [4.69, 9.17) is 27.9 Å². The Morgan fingerprint density at radius 2 is 1.92 bits per heavy atom. The zero-order chi connectivity index (χ0) is 16.5. The second-order valence-corrected chi connectivity index (χ2v) is 6.82. The maximum Gasteiger partial charge on any atom is 0.232 e. The Hall–Kier alpha value is -2.08. The zero-order valence-electron chi connectivity index (χ0n) is 12.3. The summed E-state index contributed by atoms with van der Waals surface area (Å²) in [5, 5.41) is 9.77. The SMILES string of the molecule is Clc1cc(Cl)cc(COc2ccc3ncc(-c4ccsc4)n3n2)c1. The Morgan fingerprint density at radius 3 is 2.67 bits per heavy atom. The van der Waals surface area contributed by atoms with Gasteiger partial charge in [0.05, 0.1) is 11.9 Å². The predicted molar refractivity (Wildman–Crippen MR) is 97.1 cm³/mol. The van der Waals surface area contributed by atoms with E-state index >= 15 is 0 Å². The van der Waals surface area contributed by atoms with E-state index in [0.29, 0.717) is 22.5 Å². The quantitative estimate of drug-likeness (QED) is 0.482. The van der Waals surface area contributed by atoms with Crippen molar-refractivity contribution in [1.29, 1.82) is 0 Å². The number of aromatic nitrogens is 3. The summed E-state index contributed by atoms with van der Waals surface area (Å²) in [5.74, 6) is 0.507. The molecule has 4 aromatic rings. The van der Waals surface area contributed by atoms with Crippen molar-refractivity contribution in [2.75, 3.05) is 0 Å². The van der Waals surface area contributed by atoms with Crippen LogP contribution in [-0.4, -0.2) is 14.6 Å². The van der Waals surface area contributed by atoms with Crippen LogP contribution in [0.5, 0.6) is 5.88 Å². The summed E-state index contributed by atoms with van der Waals surface area (Å²) in [4.78, 5) is 4.37. The lowest BCUT2D eigenvalue weighted by atomic mass is 10.2. The molecule has 0 N–H and O–H groups in total. The van der Waals surface area contributed by atoms with Gasteiger partial charge >= 0.3 is 0 Å². The third kappa shape index (κ3) is 3.11. The van der Waals surface area contributed by atoms with Crippen LogP contribution in [0.3, 0.4) is 0 Å². The Labute approximate surface area is 152 Å². The minimum atomic E-state index is 0.335. The highest BCUT2D eigenvalue weighted by atomic mass is 35.5. The molecule has 24 heavy (non-hydrogen) atoms. The van der Waals surface area contributed by atoms with E-state index in [1.54, 1.807) is 28.0 Å². The normalized spacial score (nSPS) is 11.1. The first-order valence-electron chi connectivity index (χ1n) is 7.14. The van der Waals surface area contributed by atoms with Gasteiger partial charge in [0.15, 0.2) is 5.65 Å². The molecule has 3 heterocycles. The van der Waals surface area contributed by atoms with E-state index < -0.39 is 0 Å². The van der Waals surface area contributed by atoms with Crippen LogP contribution in [0.4, 0.5) is 0 Å². The summed E-state index contributed by atoms with van der Waals surface area (Å²) in [6.45, 7) is 0.335. The van der Waals surface area contributed by atoms with Gasteiger partial charge in [-0.2, -0.15) is 11.3 Å². The summed E-state index contributed by atoms with van der Waals surface area (Å²) in [7, 11) is 0. The van der Waals surface area contributed by atoms with Gasteiger partial charge in [-0.3, -0.25) is 0 Å². The molecule has 0 unspecified atom stereocenters. The standard InChI is InChI=1S/C17H11Cl2N3OS/c18-13-5-11(6-14(19)7-13)9-23-17-2-1-16-20-8-15(22(16)21-17)12-3-4-24-10-12/h1-8,10H,9H2. The monoisotopic (exact) mass is 375 g/mol. The second-order valence-electron chi connectivity index (χ2n) is 5.16. The fourth-order valence-corrected chi connectivity index (χ4v) is 3.61. The number of hydrogen-bond donors (Lipinski definition) is 0. The van der Waals surface area contributed by atoms with E-state index in [0.717, 1.165) is 22.5 Å². The molecule has 0 aliphatic heterocycles.